The van der Waals surface area contributed by atoms with Crippen molar-refractivity contribution >= 4 is 0 Å². The lowest BCUT2D eigenvalue weighted by Crippen LogP contribution is -2.39. The molecule has 2 heterocycles. The average Bonchev–Trinajstić information content (AvgIpc) is 3.12. The Balaban J connectivity index is 1.57. The largest absolute Gasteiger partial charge is 0.385 e. The Kier molecular flexibility index (Phi) is 4.16. The first-order valence-electron chi connectivity index (χ1n) is 5.83. The smallest absolute Gasteiger partial charge is 0.111 e. The molecule has 2 aliphatic heterocycles. The lowest BCUT2D eigenvalue weighted by atomic mass is 10.0. The Hall–Kier alpha value is -0.200. The molecule has 0 aromatic heterocycles. The molecule has 0 aliphatic carbocycles. The molecule has 0 aromatic rings. The van der Waals surface area contributed by atoms with Crippen molar-refractivity contribution in [2.45, 2.75) is 31.2 Å². The first kappa shape index (κ1) is 12.3. The molecule has 94 valence electrons. The first-order valence-corrected chi connectivity index (χ1v) is 5.83. The molecule has 2 aliphatic rings. The fourth-order valence-corrected chi connectivity index (χ4v) is 1.34. The normalized spacial score (nSPS) is 31.1. The molecular formula is C11H20O5. The van der Waals surface area contributed by atoms with E-state index in [-0.39, 0.29) is 12.2 Å². The van der Waals surface area contributed by atoms with Crippen molar-refractivity contribution in [1.82, 2.24) is 0 Å². The van der Waals surface area contributed by atoms with Gasteiger partial charge in [0, 0.05) is 0 Å². The summed E-state index contributed by atoms with van der Waals surface area (Å²) in [6.07, 6.45) is 1.09. The summed E-state index contributed by atoms with van der Waals surface area (Å²) >= 11 is 0. The molecule has 2 saturated heterocycles. The van der Waals surface area contributed by atoms with Crippen LogP contribution >= 0.6 is 0 Å². The molecule has 0 radical (unpaired) electrons. The van der Waals surface area contributed by atoms with Crippen LogP contribution in [-0.2, 0) is 18.9 Å². The summed E-state index contributed by atoms with van der Waals surface area (Å²) < 4.78 is 20.8. The van der Waals surface area contributed by atoms with E-state index in [1.807, 2.05) is 6.92 Å². The number of hydrogen-bond acceptors (Lipinski definition) is 5. The van der Waals surface area contributed by atoms with Gasteiger partial charge in [0.05, 0.1) is 39.6 Å². The maximum atomic E-state index is 10.2. The minimum atomic E-state index is -0.885. The van der Waals surface area contributed by atoms with Crippen molar-refractivity contribution in [2.24, 2.45) is 0 Å². The SMILES string of the molecule is CCC(O)(COCC1CO1)COCC1CO1. The molecule has 0 aromatic carbocycles. The second-order valence-corrected chi connectivity index (χ2v) is 4.52. The first-order chi connectivity index (χ1) is 7.72. The number of ether oxygens (including phenoxy) is 4. The molecule has 2 unspecified atom stereocenters. The van der Waals surface area contributed by atoms with Gasteiger partial charge in [-0.25, -0.2) is 0 Å². The highest BCUT2D eigenvalue weighted by Crippen LogP contribution is 2.16. The van der Waals surface area contributed by atoms with Crippen LogP contribution in [0.15, 0.2) is 0 Å². The highest BCUT2D eigenvalue weighted by Gasteiger charge is 2.30. The van der Waals surface area contributed by atoms with Gasteiger partial charge in [0.15, 0.2) is 0 Å². The van der Waals surface area contributed by atoms with Gasteiger partial charge in [-0.1, -0.05) is 6.92 Å². The van der Waals surface area contributed by atoms with Crippen LogP contribution in [-0.4, -0.2) is 62.6 Å². The Morgan fingerprint density at radius 2 is 1.56 bits per heavy atom. The third-order valence-electron chi connectivity index (χ3n) is 2.81. The minimum absolute atomic E-state index is 0.238. The van der Waals surface area contributed by atoms with E-state index in [1.165, 1.54) is 0 Å². The molecular weight excluding hydrogens is 212 g/mol. The van der Waals surface area contributed by atoms with Gasteiger partial charge in [0.1, 0.15) is 17.8 Å². The number of aliphatic hydroxyl groups is 1. The van der Waals surface area contributed by atoms with E-state index < -0.39 is 5.60 Å². The molecule has 1 N–H and O–H groups in total. The molecule has 5 heteroatoms. The van der Waals surface area contributed by atoms with Crippen molar-refractivity contribution < 1.29 is 24.1 Å². The maximum absolute atomic E-state index is 10.2. The average molecular weight is 232 g/mol. The van der Waals surface area contributed by atoms with Gasteiger partial charge in [-0.2, -0.15) is 0 Å². The maximum Gasteiger partial charge on any atom is 0.111 e. The molecule has 2 rings (SSSR count). The summed E-state index contributed by atoms with van der Waals surface area (Å²) in [6, 6.07) is 0. The zero-order chi connectivity index (χ0) is 11.4. The molecule has 2 atom stereocenters. The van der Waals surface area contributed by atoms with E-state index in [4.69, 9.17) is 18.9 Å². The number of rotatable bonds is 9. The van der Waals surface area contributed by atoms with Gasteiger partial charge >= 0.3 is 0 Å². The van der Waals surface area contributed by atoms with Gasteiger partial charge in [0.2, 0.25) is 0 Å². The Bertz CT molecular complexity index is 194. The lowest BCUT2D eigenvalue weighted by Gasteiger charge is -2.26. The van der Waals surface area contributed by atoms with Crippen molar-refractivity contribution in [3.8, 4) is 0 Å². The molecule has 0 saturated carbocycles. The lowest BCUT2D eigenvalue weighted by molar-refractivity contribution is -0.1000. The predicted molar refractivity (Wildman–Crippen MR) is 56.4 cm³/mol. The highest BCUT2D eigenvalue weighted by molar-refractivity contribution is 4.78. The third kappa shape index (κ3) is 4.35. The van der Waals surface area contributed by atoms with Crippen molar-refractivity contribution in [3.05, 3.63) is 0 Å². The van der Waals surface area contributed by atoms with E-state index in [9.17, 15) is 5.11 Å². The highest BCUT2D eigenvalue weighted by atomic mass is 16.6. The molecule has 0 spiro atoms. The van der Waals surface area contributed by atoms with Crippen LogP contribution in [0.1, 0.15) is 13.3 Å². The molecule has 16 heavy (non-hydrogen) atoms. The van der Waals surface area contributed by atoms with Gasteiger partial charge in [-0.3, -0.25) is 0 Å². The van der Waals surface area contributed by atoms with Crippen molar-refractivity contribution in [3.63, 3.8) is 0 Å². The monoisotopic (exact) mass is 232 g/mol. The Morgan fingerprint density at radius 3 is 1.88 bits per heavy atom. The Labute approximate surface area is 95.6 Å². The predicted octanol–water partition coefficient (Wildman–Crippen LogP) is -0.0417. The number of hydrogen-bond donors (Lipinski definition) is 1. The van der Waals surface area contributed by atoms with Crippen LogP contribution in [0.2, 0.25) is 0 Å². The van der Waals surface area contributed by atoms with E-state index in [0.29, 0.717) is 32.8 Å². The zero-order valence-corrected chi connectivity index (χ0v) is 9.68. The van der Waals surface area contributed by atoms with Crippen LogP contribution < -0.4 is 0 Å². The van der Waals surface area contributed by atoms with Gasteiger partial charge < -0.3 is 24.1 Å². The topological polar surface area (TPSA) is 63.8 Å². The molecule has 0 bridgehead atoms. The van der Waals surface area contributed by atoms with Crippen LogP contribution in [0, 0.1) is 0 Å². The Morgan fingerprint density at radius 1 is 1.12 bits per heavy atom. The third-order valence-corrected chi connectivity index (χ3v) is 2.81. The van der Waals surface area contributed by atoms with E-state index >= 15 is 0 Å². The van der Waals surface area contributed by atoms with Crippen LogP contribution in [0.5, 0.6) is 0 Å². The standard InChI is InChI=1S/C11H20O5/c1-2-11(12,7-13-3-9-5-15-9)8-14-4-10-6-16-10/h9-10,12H,2-8H2,1H3. The van der Waals surface area contributed by atoms with E-state index in [1.54, 1.807) is 0 Å². The second kappa shape index (κ2) is 5.42. The second-order valence-electron chi connectivity index (χ2n) is 4.52. The summed E-state index contributed by atoms with van der Waals surface area (Å²) in [5.41, 5.74) is -0.885. The summed E-state index contributed by atoms with van der Waals surface area (Å²) in [5.74, 6) is 0. The van der Waals surface area contributed by atoms with Crippen LogP contribution in [0.4, 0.5) is 0 Å². The molecule has 5 nitrogen and oxygen atoms in total. The van der Waals surface area contributed by atoms with Crippen LogP contribution in [0.25, 0.3) is 0 Å². The van der Waals surface area contributed by atoms with E-state index in [0.717, 1.165) is 13.2 Å². The zero-order valence-electron chi connectivity index (χ0n) is 9.68. The molecule has 0 amide bonds. The fourth-order valence-electron chi connectivity index (χ4n) is 1.34. The summed E-state index contributed by atoms with van der Waals surface area (Å²) in [4.78, 5) is 0. The van der Waals surface area contributed by atoms with Crippen molar-refractivity contribution in [2.75, 3.05) is 39.6 Å². The fraction of sp³-hybridized carbons (Fsp3) is 1.00. The van der Waals surface area contributed by atoms with Gasteiger partial charge in [-0.05, 0) is 6.42 Å². The minimum Gasteiger partial charge on any atom is -0.385 e. The van der Waals surface area contributed by atoms with Gasteiger partial charge in [0.25, 0.3) is 0 Å². The molecule has 2 fully saturated rings. The summed E-state index contributed by atoms with van der Waals surface area (Å²) in [7, 11) is 0. The summed E-state index contributed by atoms with van der Waals surface area (Å²) in [5, 5.41) is 10.2. The van der Waals surface area contributed by atoms with Gasteiger partial charge in [-0.15, -0.1) is 0 Å². The quantitative estimate of drug-likeness (QED) is 0.565. The van der Waals surface area contributed by atoms with Crippen molar-refractivity contribution in [1.29, 1.82) is 0 Å². The van der Waals surface area contributed by atoms with Crippen LogP contribution in [0.3, 0.4) is 0 Å². The van der Waals surface area contributed by atoms with E-state index in [2.05, 4.69) is 0 Å². The number of epoxide rings is 2. The summed E-state index contributed by atoms with van der Waals surface area (Å²) in [6.45, 7) is 5.21.